The van der Waals surface area contributed by atoms with E-state index in [-0.39, 0.29) is 60.4 Å². The molecule has 2 N–H and O–H groups in total. The lowest BCUT2D eigenvalue weighted by Crippen LogP contribution is -2.23. The normalized spacial score (nSPS) is 13.2. The van der Waals surface area contributed by atoms with Crippen LogP contribution < -0.4 is 29.8 Å². The summed E-state index contributed by atoms with van der Waals surface area (Å²) in [7, 11) is 0. The Bertz CT molecular complexity index is 1210. The molecule has 0 saturated heterocycles. The molecule has 0 aromatic heterocycles. The first-order valence-corrected chi connectivity index (χ1v) is 10.1. The van der Waals surface area contributed by atoms with Crippen LogP contribution in [0.25, 0.3) is 0 Å². The molecule has 0 fully saturated rings. The molecule has 0 bridgehead atoms. The van der Waals surface area contributed by atoms with Gasteiger partial charge in [-0.15, -0.1) is 0 Å². The molecule has 0 saturated carbocycles. The van der Waals surface area contributed by atoms with Crippen molar-refractivity contribution in [3.8, 4) is 23.0 Å². The summed E-state index contributed by atoms with van der Waals surface area (Å²) in [6.07, 6.45) is 1.60. The van der Waals surface area contributed by atoms with Crippen molar-refractivity contribution in [3.05, 3.63) is 55.6 Å². The number of hydrogen-bond donors (Lipinski definition) is 2. The maximum Gasteiger partial charge on any atom is 0.282 e. The largest absolute Gasteiger partial charge is 0.454 e. The zero-order valence-electron chi connectivity index (χ0n) is 18.2. The van der Waals surface area contributed by atoms with Crippen LogP contribution in [0, 0.1) is 20.2 Å². The Morgan fingerprint density at radius 3 is 1.47 bits per heavy atom. The molecule has 36 heavy (non-hydrogen) atoms. The molecule has 2 heterocycles. The van der Waals surface area contributed by atoms with Crippen LogP contribution in [0.2, 0.25) is 0 Å². The first kappa shape index (κ1) is 23.9. The lowest BCUT2D eigenvalue weighted by Gasteiger charge is -2.02. The average molecular weight is 500 g/mol. The summed E-state index contributed by atoms with van der Waals surface area (Å²) in [5.74, 6) is -0.219. The Labute approximate surface area is 200 Å². The van der Waals surface area contributed by atoms with Crippen LogP contribution in [-0.4, -0.2) is 47.7 Å². The van der Waals surface area contributed by atoms with E-state index in [2.05, 4.69) is 21.1 Å². The standard InChI is InChI=1S/C20H16N6O10/c27-19(23-21-7-11-3-15-17(35-9-33-15)5-13(11)25(29)30)1-2-20(28)24-22-8-12-4-16-18(36-10-34-16)6-14(12)26(31)32/h3-8H,1-2,9-10H2,(H,23,27)(H,24,28)/b21-7+,22-8+. The van der Waals surface area contributed by atoms with Crippen molar-refractivity contribution in [1.82, 2.24) is 10.9 Å². The van der Waals surface area contributed by atoms with Crippen LogP contribution in [0.1, 0.15) is 24.0 Å². The average Bonchev–Trinajstić information content (AvgIpc) is 3.50. The van der Waals surface area contributed by atoms with E-state index in [9.17, 15) is 29.8 Å². The van der Waals surface area contributed by atoms with Crippen molar-refractivity contribution in [2.24, 2.45) is 10.2 Å². The fraction of sp³-hybridized carbons (Fsp3) is 0.200. The summed E-state index contributed by atoms with van der Waals surface area (Å²) in [5.41, 5.74) is 3.89. The molecule has 0 radical (unpaired) electrons. The maximum absolute atomic E-state index is 11.9. The van der Waals surface area contributed by atoms with Gasteiger partial charge in [-0.3, -0.25) is 29.8 Å². The van der Waals surface area contributed by atoms with Gasteiger partial charge in [-0.05, 0) is 12.1 Å². The highest BCUT2D eigenvalue weighted by molar-refractivity contribution is 5.90. The monoisotopic (exact) mass is 500 g/mol. The fourth-order valence-corrected chi connectivity index (χ4v) is 3.10. The van der Waals surface area contributed by atoms with Gasteiger partial charge in [-0.25, -0.2) is 10.9 Å². The van der Waals surface area contributed by atoms with Gasteiger partial charge in [0.25, 0.3) is 11.4 Å². The topological polar surface area (TPSA) is 206 Å². The van der Waals surface area contributed by atoms with Crippen molar-refractivity contribution in [2.75, 3.05) is 13.6 Å². The molecule has 2 amide bonds. The zero-order chi connectivity index (χ0) is 25.7. The minimum Gasteiger partial charge on any atom is -0.454 e. The lowest BCUT2D eigenvalue weighted by molar-refractivity contribution is -0.385. The molecule has 2 aromatic carbocycles. The number of rotatable bonds is 9. The molecular weight excluding hydrogens is 484 g/mol. The number of nitro groups is 2. The van der Waals surface area contributed by atoms with E-state index in [4.69, 9.17) is 18.9 Å². The number of nitrogens with zero attached hydrogens (tertiary/aromatic N) is 4. The SMILES string of the molecule is O=C(CCC(=O)N/N=C/c1cc2c(cc1[N+](=O)[O-])OCO2)N/N=C/c1cc2c(cc1[N+](=O)[O-])OCO2. The number of ether oxygens (including phenoxy) is 4. The molecule has 0 unspecified atom stereocenters. The van der Waals surface area contributed by atoms with Gasteiger partial charge in [0.05, 0.1) is 45.5 Å². The minimum atomic E-state index is -0.639. The Balaban J connectivity index is 1.27. The summed E-state index contributed by atoms with van der Waals surface area (Å²) >= 11 is 0. The Morgan fingerprint density at radius 2 is 1.11 bits per heavy atom. The second-order valence-electron chi connectivity index (χ2n) is 7.13. The molecule has 2 aromatic rings. The molecule has 16 nitrogen and oxygen atoms in total. The Morgan fingerprint density at radius 1 is 0.750 bits per heavy atom. The van der Waals surface area contributed by atoms with Crippen molar-refractivity contribution in [3.63, 3.8) is 0 Å². The summed E-state index contributed by atoms with van der Waals surface area (Å²) in [6, 6.07) is 5.08. The number of carbonyl (C=O) groups excluding carboxylic acids is 2. The van der Waals surface area contributed by atoms with E-state index in [0.717, 1.165) is 12.4 Å². The van der Waals surface area contributed by atoms with Crippen molar-refractivity contribution in [2.45, 2.75) is 12.8 Å². The quantitative estimate of drug-likeness (QED) is 0.287. The van der Waals surface area contributed by atoms with Crippen LogP contribution in [0.15, 0.2) is 34.5 Å². The van der Waals surface area contributed by atoms with Crippen LogP contribution in [0.3, 0.4) is 0 Å². The third kappa shape index (κ3) is 5.44. The Hall–Kier alpha value is -5.28. The van der Waals surface area contributed by atoms with Crippen LogP contribution in [-0.2, 0) is 9.59 Å². The Kier molecular flexibility index (Phi) is 6.85. The number of nitro benzene ring substituents is 2. The number of hydrazone groups is 2. The van der Waals surface area contributed by atoms with E-state index in [1.54, 1.807) is 0 Å². The number of benzene rings is 2. The fourth-order valence-electron chi connectivity index (χ4n) is 3.10. The molecule has 2 aliphatic heterocycles. The lowest BCUT2D eigenvalue weighted by atomic mass is 10.1. The van der Waals surface area contributed by atoms with Crippen molar-refractivity contribution < 1.29 is 38.4 Å². The third-order valence-corrected chi connectivity index (χ3v) is 4.80. The molecule has 2 aliphatic rings. The van der Waals surface area contributed by atoms with Gasteiger partial charge in [0, 0.05) is 12.8 Å². The van der Waals surface area contributed by atoms with Crippen molar-refractivity contribution in [1.29, 1.82) is 0 Å². The van der Waals surface area contributed by atoms with Gasteiger partial charge < -0.3 is 18.9 Å². The summed E-state index contributed by atoms with van der Waals surface area (Å²) < 4.78 is 20.5. The second kappa shape index (κ2) is 10.3. The van der Waals surface area contributed by atoms with Crippen LogP contribution in [0.5, 0.6) is 23.0 Å². The maximum atomic E-state index is 11.9. The molecule has 4 rings (SSSR count). The predicted octanol–water partition coefficient (Wildman–Crippen LogP) is 1.34. The van der Waals surface area contributed by atoms with Gasteiger partial charge in [0.1, 0.15) is 0 Å². The van der Waals surface area contributed by atoms with Gasteiger partial charge in [0.15, 0.2) is 23.0 Å². The molecular formula is C20H16N6O10. The highest BCUT2D eigenvalue weighted by Crippen LogP contribution is 2.38. The highest BCUT2D eigenvalue weighted by Gasteiger charge is 2.23. The number of carbonyl (C=O) groups is 2. The van der Waals surface area contributed by atoms with Gasteiger partial charge >= 0.3 is 0 Å². The number of nitrogens with one attached hydrogen (secondary N) is 2. The van der Waals surface area contributed by atoms with E-state index >= 15 is 0 Å². The smallest absolute Gasteiger partial charge is 0.282 e. The molecule has 0 aliphatic carbocycles. The number of fused-ring (bicyclic) bond motifs is 2. The van der Waals surface area contributed by atoms with Gasteiger partial charge in [-0.1, -0.05) is 0 Å². The van der Waals surface area contributed by atoms with E-state index in [1.165, 1.54) is 24.3 Å². The van der Waals surface area contributed by atoms with E-state index in [1.807, 2.05) is 0 Å². The second-order valence-corrected chi connectivity index (χ2v) is 7.13. The zero-order valence-corrected chi connectivity index (χ0v) is 18.2. The molecule has 0 spiro atoms. The predicted molar refractivity (Wildman–Crippen MR) is 119 cm³/mol. The van der Waals surface area contributed by atoms with Crippen LogP contribution in [0.4, 0.5) is 11.4 Å². The summed E-state index contributed by atoms with van der Waals surface area (Å²) in [4.78, 5) is 45.1. The third-order valence-electron chi connectivity index (χ3n) is 4.80. The van der Waals surface area contributed by atoms with Crippen LogP contribution >= 0.6 is 0 Å². The first-order chi connectivity index (χ1) is 17.3. The first-order valence-electron chi connectivity index (χ1n) is 10.1. The minimum absolute atomic E-state index is 0.0660. The molecule has 0 atom stereocenters. The van der Waals surface area contributed by atoms with Gasteiger partial charge in [0.2, 0.25) is 25.4 Å². The molecule has 16 heteroatoms. The van der Waals surface area contributed by atoms with Crippen molar-refractivity contribution >= 4 is 35.6 Å². The van der Waals surface area contributed by atoms with E-state index in [0.29, 0.717) is 11.5 Å². The number of amides is 2. The number of hydrogen-bond acceptors (Lipinski definition) is 12. The van der Waals surface area contributed by atoms with E-state index < -0.39 is 21.7 Å². The summed E-state index contributed by atoms with van der Waals surface area (Å²) in [6.45, 7) is -0.132. The summed E-state index contributed by atoms with van der Waals surface area (Å²) in [5, 5.41) is 29.8. The highest BCUT2D eigenvalue weighted by atomic mass is 16.7. The molecule has 186 valence electrons. The van der Waals surface area contributed by atoms with Gasteiger partial charge in [-0.2, -0.15) is 10.2 Å².